The van der Waals surface area contributed by atoms with Crippen LogP contribution < -0.4 is 10.6 Å². The van der Waals surface area contributed by atoms with Crippen LogP contribution in [0.3, 0.4) is 0 Å². The molecule has 0 aliphatic carbocycles. The van der Waals surface area contributed by atoms with E-state index in [-0.39, 0.29) is 5.89 Å². The zero-order chi connectivity index (χ0) is 22.5. The van der Waals surface area contributed by atoms with E-state index < -0.39 is 23.4 Å². The minimum atomic E-state index is -4.41. The Hall–Kier alpha value is -3.44. The highest BCUT2D eigenvalue weighted by atomic mass is 19.4. The molecule has 11 heteroatoms. The van der Waals surface area contributed by atoms with Gasteiger partial charge in [0.2, 0.25) is 5.89 Å². The Morgan fingerprint density at radius 3 is 2.66 bits per heavy atom. The molecular weight excluding hydrogens is 425 g/mol. The van der Waals surface area contributed by atoms with Gasteiger partial charge in [-0.2, -0.15) is 13.2 Å². The van der Waals surface area contributed by atoms with Crippen molar-refractivity contribution in [2.24, 2.45) is 0 Å². The fourth-order valence-electron chi connectivity index (χ4n) is 3.79. The van der Waals surface area contributed by atoms with Crippen LogP contribution in [0.4, 0.5) is 24.7 Å². The summed E-state index contributed by atoms with van der Waals surface area (Å²) in [7, 11) is 0. The van der Waals surface area contributed by atoms with Gasteiger partial charge in [0, 0.05) is 11.9 Å². The second-order valence-electron chi connectivity index (χ2n) is 7.89. The number of alkyl halides is 3. The Labute approximate surface area is 180 Å². The van der Waals surface area contributed by atoms with Crippen molar-refractivity contribution in [2.75, 3.05) is 11.9 Å². The Bertz CT molecular complexity index is 1270. The smallest absolute Gasteiger partial charge is 0.416 e. The van der Waals surface area contributed by atoms with Crippen molar-refractivity contribution in [3.63, 3.8) is 0 Å². The summed E-state index contributed by atoms with van der Waals surface area (Å²) in [6.07, 6.45) is -2.87. The van der Waals surface area contributed by atoms with E-state index in [0.717, 1.165) is 12.1 Å². The molecular formula is C21H19F3N6O2. The van der Waals surface area contributed by atoms with Gasteiger partial charge in [-0.1, -0.05) is 6.07 Å². The minimum absolute atomic E-state index is 0.191. The average molecular weight is 444 g/mol. The molecule has 0 amide bonds. The highest BCUT2D eigenvalue weighted by Crippen LogP contribution is 2.38. The molecule has 0 saturated carbocycles. The van der Waals surface area contributed by atoms with Crippen LogP contribution in [-0.4, -0.2) is 37.7 Å². The summed E-state index contributed by atoms with van der Waals surface area (Å²) in [6.45, 7) is 2.46. The van der Waals surface area contributed by atoms with E-state index in [1.165, 1.54) is 12.1 Å². The van der Waals surface area contributed by atoms with Crippen LogP contribution in [0.2, 0.25) is 0 Å². The monoisotopic (exact) mass is 444 g/mol. The van der Waals surface area contributed by atoms with E-state index >= 15 is 0 Å². The lowest BCUT2D eigenvalue weighted by molar-refractivity contribution is -0.137. The van der Waals surface area contributed by atoms with E-state index in [0.29, 0.717) is 41.4 Å². The molecule has 0 radical (unpaired) electrons. The van der Waals surface area contributed by atoms with E-state index in [1.54, 1.807) is 16.8 Å². The highest BCUT2D eigenvalue weighted by Gasteiger charge is 2.44. The molecule has 4 aromatic rings. The van der Waals surface area contributed by atoms with Crippen molar-refractivity contribution < 1.29 is 22.7 Å². The molecule has 32 heavy (non-hydrogen) atoms. The van der Waals surface area contributed by atoms with Crippen LogP contribution in [0.15, 0.2) is 53.1 Å². The molecule has 1 aliphatic heterocycles. The SMILES string of the molecule is CC1(c2nnc(-c3c(Nc4ccc(C(F)(F)F)cc4)nn4ccccc34)o2)CCNC1O. The maximum Gasteiger partial charge on any atom is 0.416 e. The molecule has 4 heterocycles. The summed E-state index contributed by atoms with van der Waals surface area (Å²) in [5, 5.41) is 29.1. The predicted octanol–water partition coefficient (Wildman–Crippen LogP) is 3.72. The number of hydrogen-bond acceptors (Lipinski definition) is 7. The summed E-state index contributed by atoms with van der Waals surface area (Å²) < 4.78 is 46.2. The summed E-state index contributed by atoms with van der Waals surface area (Å²) in [4.78, 5) is 0. The van der Waals surface area contributed by atoms with Crippen molar-refractivity contribution in [2.45, 2.75) is 31.2 Å². The number of aromatic nitrogens is 4. The first kappa shape index (κ1) is 20.5. The quantitative estimate of drug-likeness (QED) is 0.441. The van der Waals surface area contributed by atoms with Gasteiger partial charge in [0.25, 0.3) is 5.89 Å². The predicted molar refractivity (Wildman–Crippen MR) is 109 cm³/mol. The number of rotatable bonds is 4. The number of benzene rings is 1. The van der Waals surface area contributed by atoms with E-state index in [4.69, 9.17) is 4.42 Å². The van der Waals surface area contributed by atoms with Gasteiger partial charge in [0.15, 0.2) is 5.82 Å². The number of nitrogens with one attached hydrogen (secondary N) is 2. The van der Waals surface area contributed by atoms with Crippen LogP contribution in [-0.2, 0) is 11.6 Å². The third kappa shape index (κ3) is 3.39. The fraction of sp³-hybridized carbons (Fsp3) is 0.286. The zero-order valence-corrected chi connectivity index (χ0v) is 16.9. The molecule has 1 fully saturated rings. The van der Waals surface area contributed by atoms with Gasteiger partial charge < -0.3 is 14.8 Å². The lowest BCUT2D eigenvalue weighted by Crippen LogP contribution is -2.37. The molecule has 3 aromatic heterocycles. The van der Waals surface area contributed by atoms with E-state index in [9.17, 15) is 18.3 Å². The van der Waals surface area contributed by atoms with Crippen LogP contribution >= 0.6 is 0 Å². The highest BCUT2D eigenvalue weighted by molar-refractivity contribution is 5.87. The van der Waals surface area contributed by atoms with Crippen molar-refractivity contribution in [1.82, 2.24) is 25.1 Å². The summed E-state index contributed by atoms with van der Waals surface area (Å²) in [5.41, 5.74) is 0.136. The summed E-state index contributed by atoms with van der Waals surface area (Å²) in [6, 6.07) is 10.1. The number of aliphatic hydroxyl groups is 1. The first-order valence-electron chi connectivity index (χ1n) is 9.93. The number of hydrogen-bond donors (Lipinski definition) is 3. The van der Waals surface area contributed by atoms with Gasteiger partial charge in [-0.15, -0.1) is 15.3 Å². The first-order chi connectivity index (χ1) is 15.3. The first-order valence-corrected chi connectivity index (χ1v) is 9.93. The van der Waals surface area contributed by atoms with Crippen LogP contribution in [0.1, 0.15) is 24.8 Å². The number of nitrogens with zero attached hydrogens (tertiary/aromatic N) is 4. The minimum Gasteiger partial charge on any atom is -0.420 e. The fourth-order valence-corrected chi connectivity index (χ4v) is 3.79. The summed E-state index contributed by atoms with van der Waals surface area (Å²) >= 11 is 0. The molecule has 1 saturated heterocycles. The van der Waals surface area contributed by atoms with Crippen molar-refractivity contribution >= 4 is 17.0 Å². The maximum absolute atomic E-state index is 12.9. The van der Waals surface area contributed by atoms with Crippen LogP contribution in [0.25, 0.3) is 17.0 Å². The average Bonchev–Trinajstić information content (AvgIpc) is 3.45. The lowest BCUT2D eigenvalue weighted by atomic mass is 9.88. The topological polar surface area (TPSA) is 101 Å². The maximum atomic E-state index is 12.9. The number of fused-ring (bicyclic) bond motifs is 1. The zero-order valence-electron chi connectivity index (χ0n) is 16.9. The molecule has 166 valence electrons. The molecule has 1 aliphatic rings. The van der Waals surface area contributed by atoms with Crippen LogP contribution in [0.5, 0.6) is 0 Å². The Morgan fingerprint density at radius 2 is 1.97 bits per heavy atom. The molecule has 5 rings (SSSR count). The van der Waals surface area contributed by atoms with Gasteiger partial charge in [-0.3, -0.25) is 5.32 Å². The van der Waals surface area contributed by atoms with Gasteiger partial charge in [0.1, 0.15) is 11.8 Å². The third-order valence-electron chi connectivity index (χ3n) is 5.73. The normalized spacial score (nSPS) is 21.3. The summed E-state index contributed by atoms with van der Waals surface area (Å²) in [5.74, 6) is 0.832. The Morgan fingerprint density at radius 1 is 1.19 bits per heavy atom. The lowest BCUT2D eigenvalue weighted by Gasteiger charge is -2.22. The molecule has 0 bridgehead atoms. The standard InChI is InChI=1S/C21H19F3N6O2/c1-20(9-10-25-18(20)31)19-28-27-17(32-19)15-14-4-2-3-11-30(14)29-16(15)26-13-7-5-12(6-8-13)21(22,23)24/h2-8,11,18,25,31H,9-10H2,1H3,(H,26,29). The molecule has 0 spiro atoms. The van der Waals surface area contributed by atoms with Gasteiger partial charge in [-0.25, -0.2) is 4.52 Å². The van der Waals surface area contributed by atoms with Gasteiger partial charge in [0.05, 0.1) is 16.5 Å². The number of pyridine rings is 1. The van der Waals surface area contributed by atoms with Gasteiger partial charge >= 0.3 is 6.18 Å². The second kappa shape index (κ2) is 7.31. The third-order valence-corrected chi connectivity index (χ3v) is 5.73. The second-order valence-corrected chi connectivity index (χ2v) is 7.89. The van der Waals surface area contributed by atoms with E-state index in [2.05, 4.69) is 25.9 Å². The van der Waals surface area contributed by atoms with Crippen molar-refractivity contribution in [3.05, 3.63) is 60.1 Å². The Balaban J connectivity index is 1.55. The van der Waals surface area contributed by atoms with Crippen molar-refractivity contribution in [3.8, 4) is 11.5 Å². The molecule has 1 aromatic carbocycles. The van der Waals surface area contributed by atoms with E-state index in [1.807, 2.05) is 19.1 Å². The van der Waals surface area contributed by atoms with Crippen LogP contribution in [0, 0.1) is 0 Å². The Kier molecular flexibility index (Phi) is 4.68. The van der Waals surface area contributed by atoms with Gasteiger partial charge in [-0.05, 0) is 56.3 Å². The molecule has 2 atom stereocenters. The molecule has 8 nitrogen and oxygen atoms in total. The number of halogens is 3. The molecule has 2 unspecified atom stereocenters. The largest absolute Gasteiger partial charge is 0.420 e. The number of anilines is 2. The molecule has 3 N–H and O–H groups in total. The van der Waals surface area contributed by atoms with Crippen molar-refractivity contribution in [1.29, 1.82) is 0 Å². The number of aliphatic hydroxyl groups excluding tert-OH is 1.